The van der Waals surface area contributed by atoms with Crippen molar-refractivity contribution in [2.24, 2.45) is 0 Å². The van der Waals surface area contributed by atoms with Crippen molar-refractivity contribution in [3.63, 3.8) is 0 Å². The molecule has 2 heterocycles. The maximum Gasteiger partial charge on any atom is 0.220 e. The Bertz CT molecular complexity index is 672. The predicted octanol–water partition coefficient (Wildman–Crippen LogP) is 3.13. The van der Waals surface area contributed by atoms with E-state index in [1.165, 1.54) is 0 Å². The minimum Gasteiger partial charge on any atom is -0.474 e. The summed E-state index contributed by atoms with van der Waals surface area (Å²) in [4.78, 5) is 16.4. The lowest BCUT2D eigenvalue weighted by Crippen LogP contribution is -2.39. The number of rotatable bonds is 6. The van der Waals surface area contributed by atoms with Crippen molar-refractivity contribution >= 4 is 5.91 Å². The van der Waals surface area contributed by atoms with Crippen LogP contribution in [0.15, 0.2) is 28.9 Å². The Morgan fingerprint density at radius 2 is 2.08 bits per heavy atom. The SMILES string of the molecule is Cc1noc(C)c1CCC(=O)NC1CCC(Oc2ccccn2)CC1. The molecule has 25 heavy (non-hydrogen) atoms. The Balaban J connectivity index is 1.39. The van der Waals surface area contributed by atoms with Crippen LogP contribution in [0.1, 0.15) is 49.1 Å². The summed E-state index contributed by atoms with van der Waals surface area (Å²) in [7, 11) is 0. The number of hydrogen-bond acceptors (Lipinski definition) is 5. The van der Waals surface area contributed by atoms with Crippen LogP contribution in [0.3, 0.4) is 0 Å². The third kappa shape index (κ3) is 4.81. The molecule has 0 unspecified atom stereocenters. The monoisotopic (exact) mass is 343 g/mol. The summed E-state index contributed by atoms with van der Waals surface area (Å²) in [5.74, 6) is 1.57. The Morgan fingerprint density at radius 1 is 1.28 bits per heavy atom. The molecule has 1 fully saturated rings. The van der Waals surface area contributed by atoms with E-state index in [9.17, 15) is 4.79 Å². The quantitative estimate of drug-likeness (QED) is 0.872. The van der Waals surface area contributed by atoms with Crippen LogP contribution in [0.5, 0.6) is 5.88 Å². The van der Waals surface area contributed by atoms with Gasteiger partial charge in [0.15, 0.2) is 0 Å². The molecule has 1 amide bonds. The van der Waals surface area contributed by atoms with Crippen molar-refractivity contribution in [1.29, 1.82) is 0 Å². The van der Waals surface area contributed by atoms with Gasteiger partial charge in [0.05, 0.1) is 5.69 Å². The largest absolute Gasteiger partial charge is 0.474 e. The number of carbonyl (C=O) groups excluding carboxylic acids is 1. The molecule has 6 nitrogen and oxygen atoms in total. The van der Waals surface area contributed by atoms with Gasteiger partial charge in [-0.05, 0) is 52.0 Å². The van der Waals surface area contributed by atoms with Gasteiger partial charge in [0.2, 0.25) is 11.8 Å². The lowest BCUT2D eigenvalue weighted by Gasteiger charge is -2.29. The molecule has 0 bridgehead atoms. The van der Waals surface area contributed by atoms with Gasteiger partial charge in [-0.3, -0.25) is 4.79 Å². The average molecular weight is 343 g/mol. The molecule has 2 aromatic heterocycles. The third-order valence-corrected chi connectivity index (χ3v) is 4.75. The van der Waals surface area contributed by atoms with Crippen molar-refractivity contribution in [2.75, 3.05) is 0 Å². The molecule has 0 aliphatic heterocycles. The minimum atomic E-state index is 0.0918. The van der Waals surface area contributed by atoms with Crippen LogP contribution >= 0.6 is 0 Å². The number of amides is 1. The molecule has 1 aliphatic rings. The molecule has 2 aromatic rings. The van der Waals surface area contributed by atoms with E-state index >= 15 is 0 Å². The minimum absolute atomic E-state index is 0.0918. The lowest BCUT2D eigenvalue weighted by atomic mass is 9.92. The number of carbonyl (C=O) groups is 1. The summed E-state index contributed by atoms with van der Waals surface area (Å²) < 4.78 is 11.0. The fraction of sp³-hybridized carbons (Fsp3) is 0.526. The number of aryl methyl sites for hydroxylation is 2. The van der Waals surface area contributed by atoms with Crippen molar-refractivity contribution in [3.8, 4) is 5.88 Å². The number of nitrogens with one attached hydrogen (secondary N) is 1. The molecular formula is C19H25N3O3. The zero-order valence-electron chi connectivity index (χ0n) is 14.8. The average Bonchev–Trinajstić information content (AvgIpc) is 2.94. The zero-order valence-corrected chi connectivity index (χ0v) is 14.8. The number of aromatic nitrogens is 2. The summed E-state index contributed by atoms with van der Waals surface area (Å²) in [5, 5.41) is 7.07. The molecule has 134 valence electrons. The highest BCUT2D eigenvalue weighted by Gasteiger charge is 2.24. The molecule has 3 rings (SSSR count). The summed E-state index contributed by atoms with van der Waals surface area (Å²) in [6.45, 7) is 3.79. The van der Waals surface area contributed by atoms with Crippen LogP contribution in [-0.2, 0) is 11.2 Å². The van der Waals surface area contributed by atoms with Crippen LogP contribution in [0.2, 0.25) is 0 Å². The Hall–Kier alpha value is -2.37. The van der Waals surface area contributed by atoms with E-state index in [-0.39, 0.29) is 18.1 Å². The number of ether oxygens (including phenoxy) is 1. The second kappa shape index (κ2) is 8.14. The first kappa shape index (κ1) is 17.5. The molecule has 1 saturated carbocycles. The smallest absolute Gasteiger partial charge is 0.220 e. The third-order valence-electron chi connectivity index (χ3n) is 4.75. The zero-order chi connectivity index (χ0) is 17.6. The van der Waals surface area contributed by atoms with Gasteiger partial charge in [-0.15, -0.1) is 0 Å². The first-order valence-electron chi connectivity index (χ1n) is 8.90. The van der Waals surface area contributed by atoms with Crippen LogP contribution in [0, 0.1) is 13.8 Å². The normalized spacial score (nSPS) is 20.2. The van der Waals surface area contributed by atoms with E-state index in [0.29, 0.717) is 18.7 Å². The van der Waals surface area contributed by atoms with Crippen LogP contribution in [0.25, 0.3) is 0 Å². The van der Waals surface area contributed by atoms with Gasteiger partial charge in [0.25, 0.3) is 0 Å². The standard InChI is InChI=1S/C19H25N3O3/c1-13-17(14(2)25-22-13)10-11-18(23)21-15-6-8-16(9-7-15)24-19-5-3-4-12-20-19/h3-5,12,15-16H,6-11H2,1-2H3,(H,21,23). The second-order valence-electron chi connectivity index (χ2n) is 6.63. The van der Waals surface area contributed by atoms with Crippen LogP contribution in [-0.4, -0.2) is 28.2 Å². The predicted molar refractivity (Wildman–Crippen MR) is 93.3 cm³/mol. The highest BCUT2D eigenvalue weighted by atomic mass is 16.5. The Labute approximate surface area is 148 Å². The van der Waals surface area contributed by atoms with Gasteiger partial charge in [-0.25, -0.2) is 4.98 Å². The highest BCUT2D eigenvalue weighted by Crippen LogP contribution is 2.23. The van der Waals surface area contributed by atoms with Crippen molar-refractivity contribution in [2.45, 2.75) is 64.5 Å². The van der Waals surface area contributed by atoms with Gasteiger partial charge >= 0.3 is 0 Å². The van der Waals surface area contributed by atoms with Crippen molar-refractivity contribution in [3.05, 3.63) is 41.4 Å². The molecule has 1 aliphatic carbocycles. The van der Waals surface area contributed by atoms with Gasteiger partial charge in [-0.1, -0.05) is 11.2 Å². The highest BCUT2D eigenvalue weighted by molar-refractivity contribution is 5.76. The van der Waals surface area contributed by atoms with Crippen molar-refractivity contribution < 1.29 is 14.1 Å². The first-order chi connectivity index (χ1) is 12.1. The number of nitrogens with zero attached hydrogens (tertiary/aromatic N) is 2. The molecular weight excluding hydrogens is 318 g/mol. The maximum atomic E-state index is 12.2. The molecule has 0 saturated heterocycles. The van der Waals surface area contributed by atoms with E-state index in [4.69, 9.17) is 9.26 Å². The van der Waals surface area contributed by atoms with Crippen LogP contribution in [0.4, 0.5) is 0 Å². The fourth-order valence-corrected chi connectivity index (χ4v) is 3.31. The molecule has 1 N–H and O–H groups in total. The summed E-state index contributed by atoms with van der Waals surface area (Å²) in [6.07, 6.45) is 6.81. The van der Waals surface area contributed by atoms with E-state index < -0.39 is 0 Å². The van der Waals surface area contributed by atoms with E-state index in [1.54, 1.807) is 6.20 Å². The summed E-state index contributed by atoms with van der Waals surface area (Å²) in [6, 6.07) is 5.91. The number of pyridine rings is 1. The molecule has 0 aromatic carbocycles. The first-order valence-corrected chi connectivity index (χ1v) is 8.90. The van der Waals surface area contributed by atoms with Gasteiger partial charge < -0.3 is 14.6 Å². The Kier molecular flexibility index (Phi) is 5.68. The fourth-order valence-electron chi connectivity index (χ4n) is 3.31. The molecule has 6 heteroatoms. The maximum absolute atomic E-state index is 12.2. The Morgan fingerprint density at radius 3 is 2.72 bits per heavy atom. The molecule has 0 spiro atoms. The van der Waals surface area contributed by atoms with Gasteiger partial charge in [-0.2, -0.15) is 0 Å². The lowest BCUT2D eigenvalue weighted by molar-refractivity contribution is -0.122. The summed E-state index contributed by atoms with van der Waals surface area (Å²) >= 11 is 0. The van der Waals surface area contributed by atoms with Gasteiger partial charge in [0.1, 0.15) is 11.9 Å². The molecule has 0 radical (unpaired) electrons. The second-order valence-corrected chi connectivity index (χ2v) is 6.63. The number of hydrogen-bond donors (Lipinski definition) is 1. The van der Waals surface area contributed by atoms with Crippen molar-refractivity contribution in [1.82, 2.24) is 15.5 Å². The topological polar surface area (TPSA) is 77.2 Å². The van der Waals surface area contributed by atoms with Crippen LogP contribution < -0.4 is 10.1 Å². The van der Waals surface area contributed by atoms with E-state index in [2.05, 4.69) is 15.5 Å². The van der Waals surface area contributed by atoms with Gasteiger partial charge in [0, 0.05) is 30.3 Å². The van der Waals surface area contributed by atoms with E-state index in [1.807, 2.05) is 32.0 Å². The summed E-state index contributed by atoms with van der Waals surface area (Å²) in [5.41, 5.74) is 1.92. The molecule has 0 atom stereocenters. The van der Waals surface area contributed by atoms with E-state index in [0.717, 1.165) is 42.7 Å².